The van der Waals surface area contributed by atoms with E-state index >= 15 is 0 Å². The number of unbranched alkanes of at least 4 members (excludes halogenated alkanes) is 1. The number of nitrogens with zero attached hydrogens (tertiary/aromatic N) is 4. The summed E-state index contributed by atoms with van der Waals surface area (Å²) >= 11 is 0. The smallest absolute Gasteiger partial charge is 0.404 e. The lowest BCUT2D eigenvalue weighted by atomic mass is 10.1. The van der Waals surface area contributed by atoms with Gasteiger partial charge in [-0.05, 0) is 19.3 Å². The SMILES string of the molecule is O=NC(=O)CN(CC(=O)N=O)C(CCCCNC(=O)O)C(=O)N=O. The first-order valence-corrected chi connectivity index (χ1v) is 6.66. The van der Waals surface area contributed by atoms with Crippen LogP contribution in [0.2, 0.25) is 0 Å². The molecule has 0 spiro atoms. The highest BCUT2D eigenvalue weighted by molar-refractivity contribution is 5.86. The number of carboxylic acid groups (broad SMARTS) is 1. The van der Waals surface area contributed by atoms with E-state index < -0.39 is 42.9 Å². The third kappa shape index (κ3) is 8.47. The van der Waals surface area contributed by atoms with Gasteiger partial charge < -0.3 is 10.4 Å². The first kappa shape index (κ1) is 21.0. The molecule has 0 saturated carbocycles. The second-order valence-electron chi connectivity index (χ2n) is 4.55. The molecule has 24 heavy (non-hydrogen) atoms. The van der Waals surface area contributed by atoms with Crippen molar-refractivity contribution >= 4 is 23.8 Å². The van der Waals surface area contributed by atoms with Gasteiger partial charge in [-0.3, -0.25) is 19.3 Å². The number of nitroso groups, excluding NO2 is 3. The molecule has 0 radical (unpaired) electrons. The molecule has 0 saturated heterocycles. The van der Waals surface area contributed by atoms with E-state index in [0.717, 1.165) is 4.90 Å². The van der Waals surface area contributed by atoms with E-state index in [4.69, 9.17) is 5.11 Å². The molecule has 0 fully saturated rings. The number of hydrogen-bond donors (Lipinski definition) is 2. The number of rotatable bonds is 11. The van der Waals surface area contributed by atoms with Gasteiger partial charge in [0.05, 0.1) is 19.1 Å². The first-order valence-electron chi connectivity index (χ1n) is 6.66. The Labute approximate surface area is 134 Å². The van der Waals surface area contributed by atoms with Crippen LogP contribution in [-0.4, -0.2) is 59.5 Å². The molecule has 0 aliphatic carbocycles. The zero-order chi connectivity index (χ0) is 18.5. The van der Waals surface area contributed by atoms with Gasteiger partial charge in [0.15, 0.2) is 0 Å². The van der Waals surface area contributed by atoms with Gasteiger partial charge in [-0.15, -0.1) is 14.7 Å². The summed E-state index contributed by atoms with van der Waals surface area (Å²) in [6.45, 7) is -1.47. The molecule has 0 heterocycles. The van der Waals surface area contributed by atoms with Crippen LogP contribution in [0.5, 0.6) is 0 Å². The summed E-state index contributed by atoms with van der Waals surface area (Å²) in [6.07, 6.45) is -0.773. The third-order valence-electron chi connectivity index (χ3n) is 2.88. The van der Waals surface area contributed by atoms with Crippen molar-refractivity contribution in [2.24, 2.45) is 15.5 Å². The van der Waals surface area contributed by atoms with Crippen molar-refractivity contribution in [3.63, 3.8) is 0 Å². The Bertz CT molecular complexity index is 501. The number of carbonyl (C=O) groups is 4. The average Bonchev–Trinajstić information content (AvgIpc) is 2.56. The maximum Gasteiger partial charge on any atom is 0.404 e. The summed E-state index contributed by atoms with van der Waals surface area (Å²) in [6, 6.07) is -1.34. The summed E-state index contributed by atoms with van der Waals surface area (Å²) in [5.41, 5.74) is 0. The van der Waals surface area contributed by atoms with Crippen molar-refractivity contribution in [1.29, 1.82) is 0 Å². The first-order chi connectivity index (χ1) is 11.3. The van der Waals surface area contributed by atoms with Crippen molar-refractivity contribution in [2.45, 2.75) is 25.3 Å². The van der Waals surface area contributed by atoms with Gasteiger partial charge >= 0.3 is 12.0 Å². The van der Waals surface area contributed by atoms with Gasteiger partial charge in [-0.25, -0.2) is 4.79 Å². The molecule has 2 N–H and O–H groups in total. The lowest BCUT2D eigenvalue weighted by Gasteiger charge is -2.25. The zero-order valence-electron chi connectivity index (χ0n) is 12.4. The molecule has 13 heteroatoms. The highest BCUT2D eigenvalue weighted by atomic mass is 16.4. The zero-order valence-corrected chi connectivity index (χ0v) is 12.4. The van der Waals surface area contributed by atoms with Crippen LogP contribution in [0.25, 0.3) is 0 Å². The van der Waals surface area contributed by atoms with E-state index in [0.29, 0.717) is 6.42 Å². The van der Waals surface area contributed by atoms with E-state index in [1.807, 2.05) is 0 Å². The minimum Gasteiger partial charge on any atom is -0.465 e. The van der Waals surface area contributed by atoms with Gasteiger partial charge in [-0.1, -0.05) is 0 Å². The molecule has 0 bridgehead atoms. The maximum absolute atomic E-state index is 11.6. The standard InChI is InChI=1S/C11H15N5O8/c17-8(13-22)5-16(6-9(18)14-23)7(10(19)15-24)3-1-2-4-12-11(20)21/h7,12H,1-6H2,(H,20,21). The molecule has 0 aromatic rings. The van der Waals surface area contributed by atoms with Crippen LogP contribution in [0.1, 0.15) is 19.3 Å². The van der Waals surface area contributed by atoms with Gasteiger partial charge in [0.25, 0.3) is 11.8 Å². The van der Waals surface area contributed by atoms with Crippen LogP contribution in [0.4, 0.5) is 4.79 Å². The van der Waals surface area contributed by atoms with Crippen molar-refractivity contribution in [3.8, 4) is 0 Å². The molecular formula is C11H15N5O8. The van der Waals surface area contributed by atoms with E-state index in [-0.39, 0.29) is 19.4 Å². The summed E-state index contributed by atoms with van der Waals surface area (Å²) < 4.78 is 0. The third-order valence-corrected chi connectivity index (χ3v) is 2.88. The fourth-order valence-corrected chi connectivity index (χ4v) is 1.86. The summed E-state index contributed by atoms with van der Waals surface area (Å²) in [5, 5.41) is 16.9. The predicted molar refractivity (Wildman–Crippen MR) is 77.6 cm³/mol. The predicted octanol–water partition coefficient (Wildman–Crippen LogP) is -0.0261. The molecule has 0 aromatic heterocycles. The van der Waals surface area contributed by atoms with Gasteiger partial charge in [0, 0.05) is 22.1 Å². The minimum absolute atomic E-state index is 0.0653. The number of carbonyl (C=O) groups excluding carboxylic acids is 3. The van der Waals surface area contributed by atoms with Crippen LogP contribution < -0.4 is 5.32 Å². The molecule has 13 nitrogen and oxygen atoms in total. The quantitative estimate of drug-likeness (QED) is 0.382. The van der Waals surface area contributed by atoms with E-state index in [1.54, 1.807) is 0 Å². The Morgan fingerprint density at radius 1 is 0.917 bits per heavy atom. The largest absolute Gasteiger partial charge is 0.465 e. The molecule has 1 atom stereocenters. The molecule has 0 rings (SSSR count). The molecule has 0 aliphatic heterocycles. The molecular weight excluding hydrogens is 330 g/mol. The number of amides is 4. The van der Waals surface area contributed by atoms with E-state index in [1.165, 1.54) is 0 Å². The van der Waals surface area contributed by atoms with E-state index in [2.05, 4.69) is 20.8 Å². The van der Waals surface area contributed by atoms with Gasteiger partial charge in [-0.2, -0.15) is 0 Å². The van der Waals surface area contributed by atoms with Gasteiger partial charge in [0.2, 0.25) is 0 Å². The maximum atomic E-state index is 11.6. The van der Waals surface area contributed by atoms with Crippen molar-refractivity contribution in [3.05, 3.63) is 14.7 Å². The monoisotopic (exact) mass is 345 g/mol. The van der Waals surface area contributed by atoms with Crippen LogP contribution >= 0.6 is 0 Å². The van der Waals surface area contributed by atoms with Crippen molar-refractivity contribution in [1.82, 2.24) is 10.2 Å². The summed E-state index contributed by atoms with van der Waals surface area (Å²) in [4.78, 5) is 75.8. The molecule has 132 valence electrons. The van der Waals surface area contributed by atoms with Crippen LogP contribution in [0, 0.1) is 14.7 Å². The fraction of sp³-hybridized carbons (Fsp3) is 0.636. The summed E-state index contributed by atoms with van der Waals surface area (Å²) in [5.74, 6) is -3.64. The normalized spacial score (nSPS) is 11.4. The lowest BCUT2D eigenvalue weighted by molar-refractivity contribution is -0.128. The topological polar surface area (TPSA) is 192 Å². The van der Waals surface area contributed by atoms with Crippen molar-refractivity contribution < 1.29 is 24.3 Å². The lowest BCUT2D eigenvalue weighted by Crippen LogP contribution is -2.45. The summed E-state index contributed by atoms with van der Waals surface area (Å²) in [7, 11) is 0. The Morgan fingerprint density at radius 2 is 1.46 bits per heavy atom. The Hall–Kier alpha value is -2.96. The fourth-order valence-electron chi connectivity index (χ4n) is 1.86. The Balaban J connectivity index is 4.96. The highest BCUT2D eigenvalue weighted by Gasteiger charge is 2.30. The molecule has 1 unspecified atom stereocenters. The van der Waals surface area contributed by atoms with Crippen LogP contribution in [0.3, 0.4) is 0 Å². The van der Waals surface area contributed by atoms with Crippen LogP contribution in [-0.2, 0) is 14.4 Å². The second-order valence-corrected chi connectivity index (χ2v) is 4.55. The Morgan fingerprint density at radius 3 is 1.88 bits per heavy atom. The van der Waals surface area contributed by atoms with Gasteiger partial charge in [0.1, 0.15) is 0 Å². The number of nitrogens with one attached hydrogen (secondary N) is 1. The minimum atomic E-state index is -1.34. The molecule has 4 amide bonds. The second kappa shape index (κ2) is 11.6. The molecule has 0 aliphatic rings. The number of hydrogen-bond acceptors (Lipinski definition) is 8. The molecule has 0 aromatic carbocycles. The average molecular weight is 345 g/mol. The highest BCUT2D eigenvalue weighted by Crippen LogP contribution is 2.12. The van der Waals surface area contributed by atoms with Crippen LogP contribution in [0.15, 0.2) is 15.5 Å². The van der Waals surface area contributed by atoms with E-state index in [9.17, 15) is 33.9 Å². The Kier molecular flexibility index (Phi) is 10.2. The van der Waals surface area contributed by atoms with Crippen molar-refractivity contribution in [2.75, 3.05) is 19.6 Å².